The molecule has 0 radical (unpaired) electrons. The Balaban J connectivity index is 1.57. The molecule has 0 aliphatic carbocycles. The summed E-state index contributed by atoms with van der Waals surface area (Å²) in [6.07, 6.45) is 2.47. The first-order valence-corrected chi connectivity index (χ1v) is 9.49. The predicted molar refractivity (Wildman–Crippen MR) is 108 cm³/mol. The molecule has 1 amide bonds. The monoisotopic (exact) mass is 379 g/mol. The molecule has 0 spiro atoms. The fraction of sp³-hybridized carbons (Fsp3) is 0.273. The van der Waals surface area contributed by atoms with Crippen LogP contribution in [0.2, 0.25) is 0 Å². The lowest BCUT2D eigenvalue weighted by molar-refractivity contribution is 0.0948. The fourth-order valence-corrected chi connectivity index (χ4v) is 2.83. The van der Waals surface area contributed by atoms with E-state index in [1.807, 2.05) is 62.4 Å². The molecule has 3 aromatic rings. The van der Waals surface area contributed by atoms with Gasteiger partial charge in [0.2, 0.25) is 0 Å². The van der Waals surface area contributed by atoms with E-state index in [0.29, 0.717) is 31.9 Å². The number of hydrogen-bond acceptors (Lipinski definition) is 4. The van der Waals surface area contributed by atoms with Gasteiger partial charge in [-0.25, -0.2) is 4.68 Å². The molecule has 0 atom stereocenters. The Kier molecular flexibility index (Phi) is 6.68. The number of ether oxygens (including phenoxy) is 2. The van der Waals surface area contributed by atoms with Gasteiger partial charge in [-0.1, -0.05) is 24.3 Å². The van der Waals surface area contributed by atoms with Gasteiger partial charge >= 0.3 is 0 Å². The van der Waals surface area contributed by atoms with Crippen molar-refractivity contribution in [2.24, 2.45) is 0 Å². The van der Waals surface area contributed by atoms with E-state index in [2.05, 4.69) is 10.4 Å². The van der Waals surface area contributed by atoms with Gasteiger partial charge in [0.1, 0.15) is 0 Å². The quantitative estimate of drug-likeness (QED) is 0.616. The number of para-hydroxylation sites is 1. The third-order valence-corrected chi connectivity index (χ3v) is 4.15. The molecule has 2 aromatic carbocycles. The maximum absolute atomic E-state index is 12.4. The Bertz CT molecular complexity index is 906. The number of nitrogens with zero attached hydrogens (tertiary/aromatic N) is 2. The van der Waals surface area contributed by atoms with Crippen LogP contribution in [0.15, 0.2) is 60.8 Å². The molecule has 0 saturated carbocycles. The van der Waals surface area contributed by atoms with Crippen molar-refractivity contribution in [2.45, 2.75) is 20.3 Å². The van der Waals surface area contributed by atoms with Crippen molar-refractivity contribution >= 4 is 5.91 Å². The first-order chi connectivity index (χ1) is 13.7. The van der Waals surface area contributed by atoms with Gasteiger partial charge in [0.15, 0.2) is 17.2 Å². The zero-order chi connectivity index (χ0) is 19.8. The van der Waals surface area contributed by atoms with Crippen molar-refractivity contribution in [3.05, 3.63) is 72.1 Å². The molecule has 1 N–H and O–H groups in total. The number of rotatable bonds is 9. The lowest BCUT2D eigenvalue weighted by Gasteiger charge is -2.12. The van der Waals surface area contributed by atoms with Gasteiger partial charge in [-0.15, -0.1) is 0 Å². The second-order valence-electron chi connectivity index (χ2n) is 6.13. The molecule has 0 bridgehead atoms. The fourth-order valence-electron chi connectivity index (χ4n) is 2.83. The lowest BCUT2D eigenvalue weighted by atomic mass is 10.1. The highest BCUT2D eigenvalue weighted by Gasteiger charge is 2.10. The number of carbonyl (C=O) groups is 1. The topological polar surface area (TPSA) is 65.4 Å². The number of aromatic nitrogens is 2. The van der Waals surface area contributed by atoms with Crippen LogP contribution in [-0.4, -0.2) is 35.4 Å². The molecule has 0 aliphatic rings. The third-order valence-electron chi connectivity index (χ3n) is 4.15. The maximum Gasteiger partial charge on any atom is 0.271 e. The van der Waals surface area contributed by atoms with Crippen LogP contribution in [-0.2, 0) is 6.42 Å². The van der Waals surface area contributed by atoms with Gasteiger partial charge in [0.25, 0.3) is 5.91 Å². The van der Waals surface area contributed by atoms with Gasteiger partial charge in [0.05, 0.1) is 18.9 Å². The van der Waals surface area contributed by atoms with Crippen LogP contribution >= 0.6 is 0 Å². The van der Waals surface area contributed by atoms with E-state index in [9.17, 15) is 4.79 Å². The first kappa shape index (κ1) is 19.5. The van der Waals surface area contributed by atoms with Crippen LogP contribution < -0.4 is 14.8 Å². The molecule has 1 heterocycles. The van der Waals surface area contributed by atoms with E-state index in [-0.39, 0.29) is 5.91 Å². The van der Waals surface area contributed by atoms with Crippen LogP contribution in [0, 0.1) is 0 Å². The van der Waals surface area contributed by atoms with Gasteiger partial charge in [0, 0.05) is 12.7 Å². The standard InChI is InChI=1S/C22H25N3O3/c1-3-27-20-11-10-17(16-21(20)28-4-2)12-14-23-22(26)19-13-15-25(24-19)18-8-6-5-7-9-18/h5-11,13,15-16H,3-4,12,14H2,1-2H3,(H,23,26). The average Bonchev–Trinajstić information content (AvgIpc) is 3.21. The summed E-state index contributed by atoms with van der Waals surface area (Å²) in [4.78, 5) is 12.4. The average molecular weight is 379 g/mol. The molecule has 28 heavy (non-hydrogen) atoms. The van der Waals surface area contributed by atoms with Crippen molar-refractivity contribution < 1.29 is 14.3 Å². The summed E-state index contributed by atoms with van der Waals surface area (Å²) >= 11 is 0. The highest BCUT2D eigenvalue weighted by Crippen LogP contribution is 2.28. The number of carbonyl (C=O) groups excluding carboxylic acids is 1. The summed E-state index contributed by atoms with van der Waals surface area (Å²) in [5, 5.41) is 7.26. The highest BCUT2D eigenvalue weighted by atomic mass is 16.5. The van der Waals surface area contributed by atoms with Crippen molar-refractivity contribution in [3.63, 3.8) is 0 Å². The molecule has 0 fully saturated rings. The second kappa shape index (κ2) is 9.60. The Morgan fingerprint density at radius 2 is 1.75 bits per heavy atom. The number of benzene rings is 2. The normalized spacial score (nSPS) is 10.5. The summed E-state index contributed by atoms with van der Waals surface area (Å²) in [7, 11) is 0. The molecule has 3 rings (SSSR count). The minimum atomic E-state index is -0.189. The van der Waals surface area contributed by atoms with Gasteiger partial charge in [-0.05, 0) is 56.2 Å². The van der Waals surface area contributed by atoms with E-state index in [1.165, 1.54) is 0 Å². The molecule has 6 nitrogen and oxygen atoms in total. The number of amides is 1. The Morgan fingerprint density at radius 1 is 1.00 bits per heavy atom. The predicted octanol–water partition coefficient (Wildman–Crippen LogP) is 3.64. The van der Waals surface area contributed by atoms with Crippen LogP contribution in [0.3, 0.4) is 0 Å². The van der Waals surface area contributed by atoms with Crippen molar-refractivity contribution in [1.29, 1.82) is 0 Å². The third kappa shape index (κ3) is 4.91. The summed E-state index contributed by atoms with van der Waals surface area (Å²) in [6, 6.07) is 17.3. The van der Waals surface area contributed by atoms with Gasteiger partial charge in [-0.2, -0.15) is 5.10 Å². The number of hydrogen-bond donors (Lipinski definition) is 1. The maximum atomic E-state index is 12.4. The molecular weight excluding hydrogens is 354 g/mol. The molecule has 146 valence electrons. The largest absolute Gasteiger partial charge is 0.490 e. The minimum Gasteiger partial charge on any atom is -0.490 e. The Morgan fingerprint density at radius 3 is 2.50 bits per heavy atom. The van der Waals surface area contributed by atoms with Crippen LogP contribution in [0.25, 0.3) is 5.69 Å². The zero-order valence-electron chi connectivity index (χ0n) is 16.2. The Labute approximate surface area is 165 Å². The Hall–Kier alpha value is -3.28. The summed E-state index contributed by atoms with van der Waals surface area (Å²) in [6.45, 7) is 5.56. The van der Waals surface area contributed by atoms with Gasteiger partial charge < -0.3 is 14.8 Å². The van der Waals surface area contributed by atoms with E-state index in [4.69, 9.17) is 9.47 Å². The van der Waals surface area contributed by atoms with Crippen molar-refractivity contribution in [2.75, 3.05) is 19.8 Å². The van der Waals surface area contributed by atoms with E-state index in [0.717, 1.165) is 22.7 Å². The smallest absolute Gasteiger partial charge is 0.271 e. The van der Waals surface area contributed by atoms with Crippen LogP contribution in [0.1, 0.15) is 29.9 Å². The van der Waals surface area contributed by atoms with Crippen molar-refractivity contribution in [1.82, 2.24) is 15.1 Å². The van der Waals surface area contributed by atoms with Crippen LogP contribution in [0.5, 0.6) is 11.5 Å². The first-order valence-electron chi connectivity index (χ1n) is 9.49. The SMILES string of the molecule is CCOc1ccc(CCNC(=O)c2ccn(-c3ccccc3)n2)cc1OCC. The second-order valence-corrected chi connectivity index (χ2v) is 6.13. The van der Waals surface area contributed by atoms with Crippen LogP contribution in [0.4, 0.5) is 0 Å². The van der Waals surface area contributed by atoms with E-state index in [1.54, 1.807) is 16.9 Å². The summed E-state index contributed by atoms with van der Waals surface area (Å²) in [5.41, 5.74) is 2.38. The zero-order valence-corrected chi connectivity index (χ0v) is 16.2. The van der Waals surface area contributed by atoms with Crippen molar-refractivity contribution in [3.8, 4) is 17.2 Å². The molecule has 0 unspecified atom stereocenters. The number of nitrogens with one attached hydrogen (secondary N) is 1. The van der Waals surface area contributed by atoms with E-state index < -0.39 is 0 Å². The highest BCUT2D eigenvalue weighted by molar-refractivity contribution is 5.92. The molecule has 6 heteroatoms. The van der Waals surface area contributed by atoms with Gasteiger partial charge in [-0.3, -0.25) is 4.79 Å². The van der Waals surface area contributed by atoms with E-state index >= 15 is 0 Å². The minimum absolute atomic E-state index is 0.189. The molecule has 0 aliphatic heterocycles. The molecule has 0 saturated heterocycles. The summed E-state index contributed by atoms with van der Waals surface area (Å²) in [5.74, 6) is 1.28. The molecule has 1 aromatic heterocycles. The lowest BCUT2D eigenvalue weighted by Crippen LogP contribution is -2.26. The molecular formula is C22H25N3O3. The summed E-state index contributed by atoms with van der Waals surface area (Å²) < 4.78 is 12.9.